The zero-order valence-electron chi connectivity index (χ0n) is 12.4. The van der Waals surface area contributed by atoms with E-state index in [0.717, 1.165) is 44.3 Å². The quantitative estimate of drug-likeness (QED) is 0.888. The van der Waals surface area contributed by atoms with Crippen molar-refractivity contribution in [1.82, 2.24) is 10.6 Å². The van der Waals surface area contributed by atoms with Gasteiger partial charge < -0.3 is 15.4 Å². The van der Waals surface area contributed by atoms with Crippen LogP contribution in [0.3, 0.4) is 0 Å². The first kappa shape index (κ1) is 14.5. The van der Waals surface area contributed by atoms with Crippen LogP contribution in [-0.4, -0.2) is 38.3 Å². The summed E-state index contributed by atoms with van der Waals surface area (Å²) in [5, 5.41) is 6.63. The van der Waals surface area contributed by atoms with Crippen molar-refractivity contribution in [2.45, 2.75) is 37.1 Å². The van der Waals surface area contributed by atoms with Gasteiger partial charge in [0.1, 0.15) is 0 Å². The van der Waals surface area contributed by atoms with E-state index in [1.807, 2.05) is 18.2 Å². The number of ether oxygens (including phenoxy) is 1. The minimum absolute atomic E-state index is 0.172. The molecule has 0 bridgehead atoms. The molecule has 1 aromatic carbocycles. The third kappa shape index (κ3) is 3.11. The fourth-order valence-electron chi connectivity index (χ4n) is 3.42. The fourth-order valence-corrected chi connectivity index (χ4v) is 3.42. The van der Waals surface area contributed by atoms with E-state index in [9.17, 15) is 4.79 Å². The van der Waals surface area contributed by atoms with Gasteiger partial charge in [0.05, 0.1) is 5.41 Å². The van der Waals surface area contributed by atoms with Crippen molar-refractivity contribution in [2.24, 2.45) is 0 Å². The van der Waals surface area contributed by atoms with Gasteiger partial charge in [0.2, 0.25) is 5.91 Å². The third-order valence-electron chi connectivity index (χ3n) is 4.74. The van der Waals surface area contributed by atoms with Gasteiger partial charge in [0, 0.05) is 25.8 Å². The van der Waals surface area contributed by atoms with Gasteiger partial charge >= 0.3 is 0 Å². The number of carbonyl (C=O) groups is 1. The van der Waals surface area contributed by atoms with Gasteiger partial charge in [-0.05, 0) is 37.8 Å². The van der Waals surface area contributed by atoms with Crippen LogP contribution in [0.4, 0.5) is 0 Å². The smallest absolute Gasteiger partial charge is 0.231 e. The van der Waals surface area contributed by atoms with Gasteiger partial charge in [-0.15, -0.1) is 0 Å². The molecule has 2 fully saturated rings. The lowest BCUT2D eigenvalue weighted by molar-refractivity contribution is -0.131. The topological polar surface area (TPSA) is 50.4 Å². The first-order valence-corrected chi connectivity index (χ1v) is 7.96. The Balaban J connectivity index is 1.79. The molecule has 1 amide bonds. The molecular formula is C17H24N2O2. The molecule has 21 heavy (non-hydrogen) atoms. The summed E-state index contributed by atoms with van der Waals surface area (Å²) in [6.07, 6.45) is 3.73. The highest BCUT2D eigenvalue weighted by molar-refractivity contribution is 5.88. The Morgan fingerprint density at radius 2 is 2.00 bits per heavy atom. The van der Waals surface area contributed by atoms with Crippen LogP contribution in [0.2, 0.25) is 0 Å². The lowest BCUT2D eigenvalue weighted by Gasteiger charge is -2.38. The molecule has 114 valence electrons. The number of hydrogen-bond acceptors (Lipinski definition) is 3. The van der Waals surface area contributed by atoms with Gasteiger partial charge in [0.15, 0.2) is 0 Å². The van der Waals surface area contributed by atoms with E-state index in [0.29, 0.717) is 13.2 Å². The van der Waals surface area contributed by atoms with E-state index in [2.05, 4.69) is 22.8 Å². The number of amides is 1. The summed E-state index contributed by atoms with van der Waals surface area (Å²) in [5.74, 6) is 0.172. The number of rotatable bonds is 3. The maximum atomic E-state index is 13.0. The van der Waals surface area contributed by atoms with Crippen molar-refractivity contribution < 1.29 is 9.53 Å². The average molecular weight is 288 g/mol. The Labute approximate surface area is 126 Å². The van der Waals surface area contributed by atoms with E-state index in [1.165, 1.54) is 0 Å². The zero-order chi connectivity index (χ0) is 14.5. The molecule has 0 aromatic heterocycles. The third-order valence-corrected chi connectivity index (χ3v) is 4.74. The second kappa shape index (κ2) is 6.58. The second-order valence-electron chi connectivity index (χ2n) is 6.08. The van der Waals surface area contributed by atoms with Crippen molar-refractivity contribution in [3.05, 3.63) is 35.9 Å². The van der Waals surface area contributed by atoms with E-state index in [4.69, 9.17) is 4.74 Å². The lowest BCUT2D eigenvalue weighted by atomic mass is 9.73. The number of carbonyl (C=O) groups excluding carboxylic acids is 1. The molecular weight excluding hydrogens is 264 g/mol. The van der Waals surface area contributed by atoms with E-state index in [-0.39, 0.29) is 11.9 Å². The molecule has 0 spiro atoms. The van der Waals surface area contributed by atoms with Crippen molar-refractivity contribution >= 4 is 5.91 Å². The van der Waals surface area contributed by atoms with Gasteiger partial charge in [-0.1, -0.05) is 30.3 Å². The Kier molecular flexibility index (Phi) is 4.56. The molecule has 0 saturated carbocycles. The molecule has 2 aliphatic rings. The lowest BCUT2D eigenvalue weighted by Crippen LogP contribution is -2.54. The maximum Gasteiger partial charge on any atom is 0.231 e. The van der Waals surface area contributed by atoms with Crippen LogP contribution in [0.25, 0.3) is 0 Å². The van der Waals surface area contributed by atoms with Crippen LogP contribution in [0, 0.1) is 0 Å². The van der Waals surface area contributed by atoms with Gasteiger partial charge in [0.25, 0.3) is 0 Å². The molecule has 0 aliphatic carbocycles. The normalized spacial score (nSPS) is 25.2. The standard InChI is InChI=1S/C17H24N2O2/c20-16(19-15-7-4-10-18-13-15)17(8-11-21-12-9-17)14-5-2-1-3-6-14/h1-3,5-6,15,18H,4,7-13H2,(H,19,20). The molecule has 1 aromatic rings. The Hall–Kier alpha value is -1.39. The molecule has 2 heterocycles. The molecule has 0 radical (unpaired) electrons. The predicted octanol–water partition coefficient (Wildman–Crippen LogP) is 1.60. The SMILES string of the molecule is O=C(NC1CCCNC1)C1(c2ccccc2)CCOCC1. The number of benzene rings is 1. The van der Waals surface area contributed by atoms with Crippen LogP contribution < -0.4 is 10.6 Å². The van der Waals surface area contributed by atoms with Gasteiger partial charge in [-0.3, -0.25) is 4.79 Å². The van der Waals surface area contributed by atoms with Crippen molar-refractivity contribution in [3.63, 3.8) is 0 Å². The van der Waals surface area contributed by atoms with E-state index >= 15 is 0 Å². The summed E-state index contributed by atoms with van der Waals surface area (Å²) in [4.78, 5) is 13.0. The van der Waals surface area contributed by atoms with Crippen LogP contribution in [-0.2, 0) is 14.9 Å². The number of hydrogen-bond donors (Lipinski definition) is 2. The molecule has 4 heteroatoms. The van der Waals surface area contributed by atoms with Gasteiger partial charge in [-0.2, -0.15) is 0 Å². The van der Waals surface area contributed by atoms with Crippen molar-refractivity contribution in [1.29, 1.82) is 0 Å². The second-order valence-corrected chi connectivity index (χ2v) is 6.08. The largest absolute Gasteiger partial charge is 0.381 e. The minimum atomic E-state index is -0.420. The molecule has 1 atom stereocenters. The molecule has 2 aliphatic heterocycles. The number of piperidine rings is 1. The molecule has 1 unspecified atom stereocenters. The summed E-state index contributed by atoms with van der Waals surface area (Å²) in [7, 11) is 0. The molecule has 2 saturated heterocycles. The predicted molar refractivity (Wildman–Crippen MR) is 82.2 cm³/mol. The van der Waals surface area contributed by atoms with Crippen molar-refractivity contribution in [2.75, 3.05) is 26.3 Å². The van der Waals surface area contributed by atoms with E-state index < -0.39 is 5.41 Å². The van der Waals surface area contributed by atoms with Crippen LogP contribution in [0.15, 0.2) is 30.3 Å². The first-order valence-electron chi connectivity index (χ1n) is 7.96. The minimum Gasteiger partial charge on any atom is -0.381 e. The highest BCUT2D eigenvalue weighted by Crippen LogP contribution is 2.35. The van der Waals surface area contributed by atoms with Crippen molar-refractivity contribution in [3.8, 4) is 0 Å². The Morgan fingerprint density at radius 1 is 1.24 bits per heavy atom. The Bertz CT molecular complexity index is 463. The van der Waals surface area contributed by atoms with Crippen LogP contribution >= 0.6 is 0 Å². The zero-order valence-corrected chi connectivity index (χ0v) is 12.4. The molecule has 3 rings (SSSR count). The highest BCUT2D eigenvalue weighted by atomic mass is 16.5. The summed E-state index contributed by atoms with van der Waals surface area (Å²) in [6, 6.07) is 10.4. The summed E-state index contributed by atoms with van der Waals surface area (Å²) in [6.45, 7) is 3.26. The summed E-state index contributed by atoms with van der Waals surface area (Å²) < 4.78 is 5.49. The number of nitrogens with one attached hydrogen (secondary N) is 2. The average Bonchev–Trinajstić information content (AvgIpc) is 2.57. The van der Waals surface area contributed by atoms with Crippen LogP contribution in [0.5, 0.6) is 0 Å². The first-order chi connectivity index (χ1) is 10.3. The fraction of sp³-hybridized carbons (Fsp3) is 0.588. The van der Waals surface area contributed by atoms with Crippen LogP contribution in [0.1, 0.15) is 31.2 Å². The highest BCUT2D eigenvalue weighted by Gasteiger charge is 2.42. The summed E-state index contributed by atoms with van der Waals surface area (Å²) in [5.41, 5.74) is 0.700. The maximum absolute atomic E-state index is 13.0. The van der Waals surface area contributed by atoms with Gasteiger partial charge in [-0.25, -0.2) is 0 Å². The Morgan fingerprint density at radius 3 is 2.67 bits per heavy atom. The summed E-state index contributed by atoms with van der Waals surface area (Å²) >= 11 is 0. The molecule has 4 nitrogen and oxygen atoms in total. The van der Waals surface area contributed by atoms with E-state index in [1.54, 1.807) is 0 Å². The molecule has 2 N–H and O–H groups in total. The monoisotopic (exact) mass is 288 g/mol.